The number of carbonyl (C=O) groups is 2. The number of rotatable bonds is 7. The highest BCUT2D eigenvalue weighted by atomic mass is 16.5. The summed E-state index contributed by atoms with van der Waals surface area (Å²) >= 11 is 0. The quantitative estimate of drug-likeness (QED) is 0.347. The molecule has 0 radical (unpaired) electrons. The molecule has 0 aromatic rings. The van der Waals surface area contributed by atoms with E-state index < -0.39 is 0 Å². The summed E-state index contributed by atoms with van der Waals surface area (Å²) in [7, 11) is 0. The second kappa shape index (κ2) is 10.4. The molecule has 0 aromatic carbocycles. The molecular formula is C31H52O4. The Balaban J connectivity index is 1.54. The minimum absolute atomic E-state index is 0.0309. The monoisotopic (exact) mass is 488 g/mol. The molecular weight excluding hydrogens is 436 g/mol. The lowest BCUT2D eigenvalue weighted by Gasteiger charge is -2.62. The van der Waals surface area contributed by atoms with Gasteiger partial charge in [0.2, 0.25) is 0 Å². The van der Waals surface area contributed by atoms with Gasteiger partial charge in [0, 0.05) is 19.8 Å². The highest BCUT2D eigenvalue weighted by molar-refractivity contribution is 5.66. The summed E-state index contributed by atoms with van der Waals surface area (Å²) < 4.78 is 11.7. The molecule has 0 bridgehead atoms. The number of ether oxygens (including phenoxy) is 2. The van der Waals surface area contributed by atoms with Gasteiger partial charge < -0.3 is 9.47 Å². The number of fused-ring (bicyclic) bond motifs is 5. The van der Waals surface area contributed by atoms with Crippen LogP contribution in [0.25, 0.3) is 0 Å². The molecule has 0 saturated heterocycles. The predicted octanol–water partition coefficient (Wildman–Crippen LogP) is 7.58. The van der Waals surface area contributed by atoms with E-state index in [-0.39, 0.29) is 29.6 Å². The van der Waals surface area contributed by atoms with Crippen LogP contribution in [-0.2, 0) is 19.1 Å². The van der Waals surface area contributed by atoms with Gasteiger partial charge in [-0.25, -0.2) is 0 Å². The number of esters is 2. The lowest BCUT2D eigenvalue weighted by atomic mass is 9.43. The zero-order valence-corrected chi connectivity index (χ0v) is 23.6. The van der Waals surface area contributed by atoms with Crippen molar-refractivity contribution in [3.63, 3.8) is 0 Å². The Morgan fingerprint density at radius 3 is 2.11 bits per heavy atom. The topological polar surface area (TPSA) is 52.6 Å². The Kier molecular flexibility index (Phi) is 7.99. The average molecular weight is 489 g/mol. The molecule has 35 heavy (non-hydrogen) atoms. The standard InChI is InChI=1S/C31H52O4/c1-19(2)9-8-10-20(3)25-11-12-26-24-18-29(35-22(5)33)28-17-23(34-21(4)32)13-15-31(28,7)27(24)14-16-30(25,26)6/h19-20,23-29H,8-18H2,1-7H3/t20-,23-,24+,25-,26+,27+,28+,29-,30-,31+/m0/s1. The van der Waals surface area contributed by atoms with E-state index in [1.807, 2.05) is 0 Å². The van der Waals surface area contributed by atoms with Gasteiger partial charge in [-0.2, -0.15) is 0 Å². The summed E-state index contributed by atoms with van der Waals surface area (Å²) in [5.41, 5.74) is 0.597. The van der Waals surface area contributed by atoms with Crippen LogP contribution in [0.3, 0.4) is 0 Å². The first-order valence-electron chi connectivity index (χ1n) is 14.8. The largest absolute Gasteiger partial charge is 0.463 e. The van der Waals surface area contributed by atoms with Crippen LogP contribution >= 0.6 is 0 Å². The third kappa shape index (κ3) is 5.19. The molecule has 0 aliphatic heterocycles. The highest BCUT2D eigenvalue weighted by Gasteiger charge is 2.63. The van der Waals surface area contributed by atoms with Gasteiger partial charge >= 0.3 is 11.9 Å². The van der Waals surface area contributed by atoms with Crippen LogP contribution in [0.5, 0.6) is 0 Å². The van der Waals surface area contributed by atoms with E-state index in [1.54, 1.807) is 6.92 Å². The van der Waals surface area contributed by atoms with Crippen molar-refractivity contribution in [2.24, 2.45) is 52.3 Å². The fraction of sp³-hybridized carbons (Fsp3) is 0.935. The van der Waals surface area contributed by atoms with Crippen LogP contribution in [0.1, 0.15) is 119 Å². The number of carbonyl (C=O) groups excluding carboxylic acids is 2. The van der Waals surface area contributed by atoms with Crippen LogP contribution in [0, 0.1) is 52.3 Å². The van der Waals surface area contributed by atoms with Crippen molar-refractivity contribution in [3.8, 4) is 0 Å². The molecule has 4 saturated carbocycles. The van der Waals surface area contributed by atoms with E-state index in [0.29, 0.717) is 23.2 Å². The predicted molar refractivity (Wildman–Crippen MR) is 140 cm³/mol. The number of hydrogen-bond acceptors (Lipinski definition) is 4. The van der Waals surface area contributed by atoms with Crippen molar-refractivity contribution in [1.82, 2.24) is 0 Å². The molecule has 4 fully saturated rings. The van der Waals surface area contributed by atoms with Crippen LogP contribution in [0.15, 0.2) is 0 Å². The first kappa shape index (κ1) is 27.0. The first-order valence-corrected chi connectivity index (χ1v) is 14.8. The molecule has 0 heterocycles. The van der Waals surface area contributed by atoms with E-state index >= 15 is 0 Å². The van der Waals surface area contributed by atoms with Crippen LogP contribution in [0.4, 0.5) is 0 Å². The Morgan fingerprint density at radius 1 is 0.800 bits per heavy atom. The minimum atomic E-state index is -0.190. The number of hydrogen-bond donors (Lipinski definition) is 0. The summed E-state index contributed by atoms with van der Waals surface area (Å²) in [5.74, 6) is 4.48. The van der Waals surface area contributed by atoms with Gasteiger partial charge in [-0.15, -0.1) is 0 Å². The molecule has 0 N–H and O–H groups in total. The SMILES string of the molecule is CC(=O)O[C@H]1CC[C@]2(C)[C@@H]3CC[C@]4(C)[C@H](CC[C@H]4[C@@H](C)CCCC(C)C)[C@H]3C[C@H](OC(C)=O)[C@H]2C1. The van der Waals surface area contributed by atoms with Gasteiger partial charge in [-0.3, -0.25) is 9.59 Å². The Labute approximate surface area is 214 Å². The van der Waals surface area contributed by atoms with Gasteiger partial charge in [0.1, 0.15) is 12.2 Å². The molecule has 4 rings (SSSR count). The first-order chi connectivity index (χ1) is 16.5. The fourth-order valence-electron chi connectivity index (χ4n) is 9.94. The maximum absolute atomic E-state index is 12.2. The minimum Gasteiger partial charge on any atom is -0.463 e. The molecule has 0 unspecified atom stereocenters. The van der Waals surface area contributed by atoms with Gasteiger partial charge in [-0.05, 0) is 97.7 Å². The van der Waals surface area contributed by atoms with E-state index in [9.17, 15) is 9.59 Å². The van der Waals surface area contributed by atoms with Crippen LogP contribution in [-0.4, -0.2) is 24.1 Å². The molecule has 4 nitrogen and oxygen atoms in total. The molecule has 200 valence electrons. The smallest absolute Gasteiger partial charge is 0.302 e. The zero-order chi connectivity index (χ0) is 25.5. The van der Waals surface area contributed by atoms with Crippen molar-refractivity contribution < 1.29 is 19.1 Å². The van der Waals surface area contributed by atoms with Crippen molar-refractivity contribution in [3.05, 3.63) is 0 Å². The third-order valence-corrected chi connectivity index (χ3v) is 11.5. The zero-order valence-electron chi connectivity index (χ0n) is 23.6. The third-order valence-electron chi connectivity index (χ3n) is 11.5. The average Bonchev–Trinajstić information content (AvgIpc) is 3.11. The van der Waals surface area contributed by atoms with Gasteiger partial charge in [0.15, 0.2) is 0 Å². The van der Waals surface area contributed by atoms with Crippen molar-refractivity contribution in [2.75, 3.05) is 0 Å². The Hall–Kier alpha value is -1.06. The summed E-state index contributed by atoms with van der Waals surface area (Å²) in [6.45, 7) is 15.4. The normalized spacial score (nSPS) is 43.6. The van der Waals surface area contributed by atoms with E-state index in [2.05, 4.69) is 34.6 Å². The molecule has 4 heteroatoms. The van der Waals surface area contributed by atoms with E-state index in [4.69, 9.17) is 9.47 Å². The van der Waals surface area contributed by atoms with Crippen molar-refractivity contribution in [1.29, 1.82) is 0 Å². The Morgan fingerprint density at radius 2 is 1.46 bits per heavy atom. The summed E-state index contributed by atoms with van der Waals surface area (Å²) in [6, 6.07) is 0. The fourth-order valence-corrected chi connectivity index (χ4v) is 9.94. The molecule has 0 aromatic heterocycles. The Bertz CT molecular complexity index is 776. The molecule has 10 atom stereocenters. The molecule has 0 amide bonds. The lowest BCUT2D eigenvalue weighted by Crippen LogP contribution is -2.59. The van der Waals surface area contributed by atoms with E-state index in [1.165, 1.54) is 51.9 Å². The summed E-state index contributed by atoms with van der Waals surface area (Å²) in [5, 5.41) is 0. The molecule has 4 aliphatic rings. The van der Waals surface area contributed by atoms with E-state index in [0.717, 1.165) is 49.4 Å². The molecule has 0 spiro atoms. The summed E-state index contributed by atoms with van der Waals surface area (Å²) in [6.07, 6.45) is 13.3. The second-order valence-electron chi connectivity index (χ2n) is 13.9. The highest BCUT2D eigenvalue weighted by Crippen LogP contribution is 2.68. The summed E-state index contributed by atoms with van der Waals surface area (Å²) in [4.78, 5) is 23.9. The van der Waals surface area contributed by atoms with Crippen molar-refractivity contribution >= 4 is 11.9 Å². The lowest BCUT2D eigenvalue weighted by molar-refractivity contribution is -0.197. The maximum Gasteiger partial charge on any atom is 0.302 e. The van der Waals surface area contributed by atoms with Gasteiger partial charge in [-0.1, -0.05) is 53.9 Å². The van der Waals surface area contributed by atoms with Crippen LogP contribution < -0.4 is 0 Å². The second-order valence-corrected chi connectivity index (χ2v) is 13.9. The molecule has 4 aliphatic carbocycles. The van der Waals surface area contributed by atoms with Gasteiger partial charge in [0.05, 0.1) is 0 Å². The maximum atomic E-state index is 12.2. The van der Waals surface area contributed by atoms with Crippen LogP contribution in [0.2, 0.25) is 0 Å². The van der Waals surface area contributed by atoms with Gasteiger partial charge in [0.25, 0.3) is 0 Å². The van der Waals surface area contributed by atoms with Crippen molar-refractivity contribution in [2.45, 2.75) is 131 Å².